The fourth-order valence-corrected chi connectivity index (χ4v) is 3.72. The van der Waals surface area contributed by atoms with Crippen LogP contribution in [0, 0.1) is 5.82 Å². The van der Waals surface area contributed by atoms with Crippen LogP contribution in [0.4, 0.5) is 10.1 Å². The molecule has 158 valence electrons. The smallest absolute Gasteiger partial charge is 0.293 e. The molecule has 6 nitrogen and oxygen atoms in total. The highest BCUT2D eigenvalue weighted by Gasteiger charge is 2.20. The SMILES string of the molecule is CC(C)(C)OC=O.Nc1cc(-c2cccc(F)c2)sc1C(=O)N[C@H]1CCCNC1. The Labute approximate surface area is 174 Å². The Balaban J connectivity index is 0.000000370. The molecule has 1 fully saturated rings. The van der Waals surface area contributed by atoms with Crippen LogP contribution in [0.3, 0.4) is 0 Å². The lowest BCUT2D eigenvalue weighted by molar-refractivity contribution is -0.138. The van der Waals surface area contributed by atoms with Crippen molar-refractivity contribution in [3.05, 3.63) is 41.0 Å². The van der Waals surface area contributed by atoms with Crippen LogP contribution in [0.25, 0.3) is 10.4 Å². The van der Waals surface area contributed by atoms with Gasteiger partial charge in [0.2, 0.25) is 0 Å². The van der Waals surface area contributed by atoms with Gasteiger partial charge in [0.15, 0.2) is 0 Å². The number of nitrogens with one attached hydrogen (secondary N) is 2. The molecular weight excluding hydrogens is 393 g/mol. The van der Waals surface area contributed by atoms with Crippen molar-refractivity contribution in [2.24, 2.45) is 0 Å². The molecular formula is C21H28FN3O3S. The van der Waals surface area contributed by atoms with Gasteiger partial charge in [0.05, 0.1) is 5.69 Å². The minimum atomic E-state index is -0.318. The number of halogens is 1. The molecule has 3 rings (SSSR count). The molecule has 1 aliphatic heterocycles. The van der Waals surface area contributed by atoms with Crippen LogP contribution >= 0.6 is 11.3 Å². The number of hydrogen-bond acceptors (Lipinski definition) is 6. The van der Waals surface area contributed by atoms with E-state index in [1.54, 1.807) is 18.2 Å². The summed E-state index contributed by atoms with van der Waals surface area (Å²) in [5.74, 6) is -0.456. The van der Waals surface area contributed by atoms with E-state index in [4.69, 9.17) is 5.73 Å². The third-order valence-electron chi connectivity index (χ3n) is 4.11. The van der Waals surface area contributed by atoms with Crippen LogP contribution in [0.1, 0.15) is 43.3 Å². The minimum absolute atomic E-state index is 0.139. The summed E-state index contributed by atoms with van der Waals surface area (Å²) in [5, 5.41) is 6.27. The molecule has 0 saturated carbocycles. The van der Waals surface area contributed by atoms with Gasteiger partial charge in [-0.25, -0.2) is 4.39 Å². The van der Waals surface area contributed by atoms with Gasteiger partial charge in [0.25, 0.3) is 12.4 Å². The molecule has 2 heterocycles. The van der Waals surface area contributed by atoms with Crippen molar-refractivity contribution in [2.45, 2.75) is 45.3 Å². The van der Waals surface area contributed by atoms with Gasteiger partial charge in [-0.3, -0.25) is 9.59 Å². The Kier molecular flexibility index (Phi) is 8.16. The van der Waals surface area contributed by atoms with Crippen molar-refractivity contribution in [1.29, 1.82) is 0 Å². The highest BCUT2D eigenvalue weighted by molar-refractivity contribution is 7.18. The van der Waals surface area contributed by atoms with E-state index in [9.17, 15) is 14.0 Å². The first-order chi connectivity index (χ1) is 13.7. The predicted molar refractivity (Wildman–Crippen MR) is 114 cm³/mol. The molecule has 1 amide bonds. The van der Waals surface area contributed by atoms with Gasteiger partial charge in [-0.15, -0.1) is 11.3 Å². The summed E-state index contributed by atoms with van der Waals surface area (Å²) >= 11 is 1.29. The second kappa shape index (κ2) is 10.4. The van der Waals surface area contributed by atoms with E-state index < -0.39 is 0 Å². The van der Waals surface area contributed by atoms with E-state index >= 15 is 0 Å². The number of nitrogen functional groups attached to an aromatic ring is 1. The predicted octanol–water partition coefficient (Wildman–Crippen LogP) is 3.58. The Bertz CT molecular complexity index is 827. The van der Waals surface area contributed by atoms with Crippen molar-refractivity contribution in [1.82, 2.24) is 10.6 Å². The number of piperidine rings is 1. The molecule has 8 heteroatoms. The molecule has 1 atom stereocenters. The number of carbonyl (C=O) groups is 2. The number of ether oxygens (including phenoxy) is 1. The van der Waals surface area contributed by atoms with Crippen LogP contribution in [0.15, 0.2) is 30.3 Å². The van der Waals surface area contributed by atoms with Gasteiger partial charge in [0.1, 0.15) is 16.3 Å². The maximum Gasteiger partial charge on any atom is 0.293 e. The summed E-state index contributed by atoms with van der Waals surface area (Å²) in [4.78, 5) is 23.2. The van der Waals surface area contributed by atoms with Crippen LogP contribution < -0.4 is 16.4 Å². The number of thiophene rings is 1. The molecule has 1 aliphatic rings. The topological polar surface area (TPSA) is 93.5 Å². The number of benzene rings is 1. The Morgan fingerprint density at radius 2 is 2.14 bits per heavy atom. The molecule has 1 saturated heterocycles. The third-order valence-corrected chi connectivity index (χ3v) is 5.31. The lowest BCUT2D eigenvalue weighted by atomic mass is 10.1. The molecule has 0 bridgehead atoms. The number of carbonyl (C=O) groups excluding carboxylic acids is 2. The number of rotatable bonds is 4. The number of nitrogens with two attached hydrogens (primary N) is 1. The van der Waals surface area contributed by atoms with Crippen molar-refractivity contribution in [2.75, 3.05) is 18.8 Å². The van der Waals surface area contributed by atoms with E-state index in [-0.39, 0.29) is 23.4 Å². The van der Waals surface area contributed by atoms with Crippen LogP contribution in [-0.2, 0) is 9.53 Å². The number of hydrogen-bond donors (Lipinski definition) is 3. The van der Waals surface area contributed by atoms with Gasteiger partial charge in [-0.2, -0.15) is 0 Å². The minimum Gasteiger partial charge on any atom is -0.462 e. The average molecular weight is 422 g/mol. The van der Waals surface area contributed by atoms with Crippen molar-refractivity contribution < 1.29 is 18.7 Å². The first-order valence-corrected chi connectivity index (χ1v) is 10.3. The fourth-order valence-electron chi connectivity index (χ4n) is 2.74. The van der Waals surface area contributed by atoms with Crippen molar-refractivity contribution in [3.8, 4) is 10.4 Å². The van der Waals surface area contributed by atoms with Gasteiger partial charge in [0, 0.05) is 17.5 Å². The summed E-state index contributed by atoms with van der Waals surface area (Å²) in [7, 11) is 0. The molecule has 0 spiro atoms. The third kappa shape index (κ3) is 7.47. The van der Waals surface area contributed by atoms with Crippen LogP contribution in [0.2, 0.25) is 0 Å². The van der Waals surface area contributed by atoms with Crippen LogP contribution in [-0.4, -0.2) is 37.1 Å². The highest BCUT2D eigenvalue weighted by atomic mass is 32.1. The zero-order chi connectivity index (χ0) is 21.4. The van der Waals surface area contributed by atoms with E-state index in [0.717, 1.165) is 36.4 Å². The maximum absolute atomic E-state index is 13.3. The van der Waals surface area contributed by atoms with E-state index in [2.05, 4.69) is 15.4 Å². The van der Waals surface area contributed by atoms with E-state index in [0.29, 0.717) is 17.0 Å². The van der Waals surface area contributed by atoms with E-state index in [1.165, 1.54) is 23.5 Å². The summed E-state index contributed by atoms with van der Waals surface area (Å²) < 4.78 is 17.9. The molecule has 2 aromatic rings. The molecule has 0 radical (unpaired) electrons. The molecule has 1 aromatic carbocycles. The maximum atomic E-state index is 13.3. The number of amides is 1. The lowest BCUT2D eigenvalue weighted by Crippen LogP contribution is -2.45. The quantitative estimate of drug-likeness (QED) is 0.656. The average Bonchev–Trinajstić information content (AvgIpc) is 3.04. The Morgan fingerprint density at radius 3 is 2.69 bits per heavy atom. The largest absolute Gasteiger partial charge is 0.462 e. The van der Waals surface area contributed by atoms with Gasteiger partial charge in [-0.05, 0) is 63.9 Å². The second-order valence-corrected chi connectivity index (χ2v) is 8.80. The summed E-state index contributed by atoms with van der Waals surface area (Å²) in [6.07, 6.45) is 2.03. The summed E-state index contributed by atoms with van der Waals surface area (Å²) in [5.41, 5.74) is 6.81. The second-order valence-electron chi connectivity index (χ2n) is 7.75. The Hall–Kier alpha value is -2.45. The van der Waals surface area contributed by atoms with Gasteiger partial charge in [-0.1, -0.05) is 12.1 Å². The first kappa shape index (κ1) is 22.8. The lowest BCUT2D eigenvalue weighted by Gasteiger charge is -2.23. The van der Waals surface area contributed by atoms with Crippen LogP contribution in [0.5, 0.6) is 0 Å². The molecule has 0 unspecified atom stereocenters. The van der Waals surface area contributed by atoms with E-state index in [1.807, 2.05) is 20.8 Å². The molecule has 4 N–H and O–H groups in total. The van der Waals surface area contributed by atoms with Crippen molar-refractivity contribution in [3.63, 3.8) is 0 Å². The molecule has 0 aliphatic carbocycles. The highest BCUT2D eigenvalue weighted by Crippen LogP contribution is 2.33. The first-order valence-electron chi connectivity index (χ1n) is 9.48. The summed E-state index contributed by atoms with van der Waals surface area (Å²) in [6.45, 7) is 7.70. The Morgan fingerprint density at radius 1 is 1.38 bits per heavy atom. The fraction of sp³-hybridized carbons (Fsp3) is 0.429. The number of anilines is 1. The van der Waals surface area contributed by atoms with Gasteiger partial charge >= 0.3 is 0 Å². The summed E-state index contributed by atoms with van der Waals surface area (Å²) in [6, 6.07) is 8.16. The standard InChI is InChI=1S/C16H18FN3OS.C5H10O2/c17-11-4-1-3-10(7-11)14-8-13(18)15(22-14)16(21)20-12-5-2-6-19-9-12;1-5(2,3)7-4-6/h1,3-4,7-8,12,19H,2,5-6,9,18H2,(H,20,21);4H,1-3H3/t12-;/m0./s1. The molecule has 29 heavy (non-hydrogen) atoms. The van der Waals surface area contributed by atoms with Crippen molar-refractivity contribution >= 4 is 29.4 Å². The molecule has 1 aromatic heterocycles. The zero-order valence-corrected chi connectivity index (χ0v) is 17.8. The monoisotopic (exact) mass is 421 g/mol. The van der Waals surface area contributed by atoms with Gasteiger partial charge < -0.3 is 21.1 Å². The zero-order valence-electron chi connectivity index (χ0n) is 17.0. The normalized spacial score (nSPS) is 16.3.